The Hall–Kier alpha value is -0.580. The molecule has 0 aromatic heterocycles. The first-order chi connectivity index (χ1) is 7.97. The van der Waals surface area contributed by atoms with E-state index in [0.717, 1.165) is 38.5 Å². The molecule has 0 radical (unpaired) electrons. The van der Waals surface area contributed by atoms with Crippen LogP contribution in [0.15, 0.2) is 0 Å². The Labute approximate surface area is 104 Å². The van der Waals surface area contributed by atoms with Gasteiger partial charge in [0.15, 0.2) is 9.84 Å². The normalized spacial score (nSPS) is 17.3. The summed E-state index contributed by atoms with van der Waals surface area (Å²) in [6.07, 6.45) is 5.34. The van der Waals surface area contributed by atoms with E-state index >= 15 is 0 Å². The van der Waals surface area contributed by atoms with Crippen LogP contribution in [0.3, 0.4) is 0 Å². The highest BCUT2D eigenvalue weighted by atomic mass is 32.2. The van der Waals surface area contributed by atoms with E-state index in [1.807, 2.05) is 6.92 Å². The number of carbonyl (C=O) groups excluding carboxylic acids is 1. The number of nitrogens with zero attached hydrogens (tertiary/aromatic N) is 1. The van der Waals surface area contributed by atoms with Crippen LogP contribution in [0.1, 0.15) is 45.4 Å². The lowest BCUT2D eigenvalue weighted by Gasteiger charge is -2.18. The van der Waals surface area contributed by atoms with Gasteiger partial charge in [-0.3, -0.25) is 4.79 Å². The van der Waals surface area contributed by atoms with Crippen LogP contribution in [0.5, 0.6) is 0 Å². The van der Waals surface area contributed by atoms with Gasteiger partial charge in [-0.05, 0) is 19.3 Å². The summed E-state index contributed by atoms with van der Waals surface area (Å²) < 4.78 is 23.9. The topological polar surface area (TPSA) is 54.5 Å². The molecule has 1 aliphatic rings. The molecule has 4 nitrogen and oxygen atoms in total. The standard InChI is InChI=1S/C12H23NO3S/c1-3-4-9-13(2)12(14)10-17(15,16)11-7-5-6-8-11/h11H,3-10H2,1-2H3. The molecule has 17 heavy (non-hydrogen) atoms. The van der Waals surface area contributed by atoms with Gasteiger partial charge in [-0.2, -0.15) is 0 Å². The molecule has 0 aliphatic heterocycles. The van der Waals surface area contributed by atoms with Crippen molar-refractivity contribution >= 4 is 15.7 Å². The number of carbonyl (C=O) groups is 1. The van der Waals surface area contributed by atoms with Crippen LogP contribution in [0.2, 0.25) is 0 Å². The molecule has 0 aromatic carbocycles. The van der Waals surface area contributed by atoms with Crippen molar-refractivity contribution in [3.63, 3.8) is 0 Å². The van der Waals surface area contributed by atoms with E-state index in [1.165, 1.54) is 4.90 Å². The lowest BCUT2D eigenvalue weighted by molar-refractivity contribution is -0.127. The monoisotopic (exact) mass is 261 g/mol. The predicted octanol–water partition coefficient (Wildman–Crippen LogP) is 1.60. The van der Waals surface area contributed by atoms with Crippen LogP contribution < -0.4 is 0 Å². The lowest BCUT2D eigenvalue weighted by Crippen LogP contribution is -2.36. The van der Waals surface area contributed by atoms with E-state index in [1.54, 1.807) is 7.05 Å². The minimum atomic E-state index is -3.22. The summed E-state index contributed by atoms with van der Waals surface area (Å²) in [5.41, 5.74) is 0. The molecule has 0 atom stereocenters. The Balaban J connectivity index is 2.49. The van der Waals surface area contributed by atoms with Gasteiger partial charge in [-0.25, -0.2) is 8.42 Å². The summed E-state index contributed by atoms with van der Waals surface area (Å²) in [5, 5.41) is -0.272. The third kappa shape index (κ3) is 4.30. The fourth-order valence-corrected chi connectivity index (χ4v) is 4.02. The molecule has 0 aromatic rings. The summed E-state index contributed by atoms with van der Waals surface area (Å²) in [6.45, 7) is 2.70. The summed E-state index contributed by atoms with van der Waals surface area (Å²) in [4.78, 5) is 13.3. The largest absolute Gasteiger partial charge is 0.345 e. The van der Waals surface area contributed by atoms with Crippen molar-refractivity contribution in [1.82, 2.24) is 4.90 Å². The number of hydrogen-bond acceptors (Lipinski definition) is 3. The zero-order valence-corrected chi connectivity index (χ0v) is 11.6. The SMILES string of the molecule is CCCCN(C)C(=O)CS(=O)(=O)C1CCCC1. The lowest BCUT2D eigenvalue weighted by atomic mass is 10.3. The van der Waals surface area contributed by atoms with E-state index in [-0.39, 0.29) is 16.9 Å². The van der Waals surface area contributed by atoms with Crippen molar-refractivity contribution in [3.05, 3.63) is 0 Å². The Morgan fingerprint density at radius 3 is 2.41 bits per heavy atom. The third-order valence-electron chi connectivity index (χ3n) is 3.41. The van der Waals surface area contributed by atoms with Crippen molar-refractivity contribution in [2.24, 2.45) is 0 Å². The minimum absolute atomic E-state index is 0.259. The van der Waals surface area contributed by atoms with Crippen LogP contribution in [0.4, 0.5) is 0 Å². The molecule has 0 saturated heterocycles. The highest BCUT2D eigenvalue weighted by Crippen LogP contribution is 2.25. The molecule has 1 rings (SSSR count). The zero-order valence-electron chi connectivity index (χ0n) is 10.8. The molecule has 0 N–H and O–H groups in total. The Bertz CT molecular complexity index is 345. The van der Waals surface area contributed by atoms with E-state index in [9.17, 15) is 13.2 Å². The van der Waals surface area contributed by atoms with Gasteiger partial charge in [-0.15, -0.1) is 0 Å². The average Bonchev–Trinajstić information content (AvgIpc) is 2.79. The number of rotatable bonds is 6. The summed E-state index contributed by atoms with van der Waals surface area (Å²) >= 11 is 0. The fourth-order valence-electron chi connectivity index (χ4n) is 2.17. The van der Waals surface area contributed by atoms with Crippen LogP contribution in [-0.2, 0) is 14.6 Å². The van der Waals surface area contributed by atoms with Crippen molar-refractivity contribution in [1.29, 1.82) is 0 Å². The molecular weight excluding hydrogens is 238 g/mol. The van der Waals surface area contributed by atoms with Crippen molar-refractivity contribution < 1.29 is 13.2 Å². The number of amides is 1. The van der Waals surface area contributed by atoms with Crippen LogP contribution in [-0.4, -0.2) is 43.8 Å². The molecule has 0 unspecified atom stereocenters. The second kappa shape index (κ2) is 6.38. The van der Waals surface area contributed by atoms with Gasteiger partial charge in [0.1, 0.15) is 5.75 Å². The Morgan fingerprint density at radius 1 is 1.29 bits per heavy atom. The molecule has 0 bridgehead atoms. The molecule has 0 heterocycles. The van der Waals surface area contributed by atoms with Crippen LogP contribution in [0.25, 0.3) is 0 Å². The van der Waals surface area contributed by atoms with E-state index in [2.05, 4.69) is 0 Å². The van der Waals surface area contributed by atoms with E-state index < -0.39 is 9.84 Å². The number of unbranched alkanes of at least 4 members (excludes halogenated alkanes) is 1. The molecular formula is C12H23NO3S. The molecule has 0 spiro atoms. The zero-order chi connectivity index (χ0) is 12.9. The van der Waals surface area contributed by atoms with Gasteiger partial charge >= 0.3 is 0 Å². The van der Waals surface area contributed by atoms with E-state index in [0.29, 0.717) is 6.54 Å². The Morgan fingerprint density at radius 2 is 1.88 bits per heavy atom. The minimum Gasteiger partial charge on any atom is -0.345 e. The van der Waals surface area contributed by atoms with Gasteiger partial charge < -0.3 is 4.90 Å². The molecule has 1 amide bonds. The molecule has 1 aliphatic carbocycles. The molecule has 100 valence electrons. The maximum absolute atomic E-state index is 12.0. The summed E-state index contributed by atoms with van der Waals surface area (Å²) in [7, 11) is -1.54. The highest BCUT2D eigenvalue weighted by Gasteiger charge is 2.31. The second-order valence-corrected chi connectivity index (χ2v) is 7.16. The maximum atomic E-state index is 12.0. The quantitative estimate of drug-likeness (QED) is 0.730. The Kier molecular flexibility index (Phi) is 5.43. The maximum Gasteiger partial charge on any atom is 0.237 e. The smallest absolute Gasteiger partial charge is 0.237 e. The van der Waals surface area contributed by atoms with Gasteiger partial charge in [0.05, 0.1) is 5.25 Å². The van der Waals surface area contributed by atoms with Crippen LogP contribution >= 0.6 is 0 Å². The molecule has 5 heteroatoms. The third-order valence-corrected chi connectivity index (χ3v) is 5.54. The first-order valence-electron chi connectivity index (χ1n) is 6.43. The first kappa shape index (κ1) is 14.5. The van der Waals surface area contributed by atoms with Crippen molar-refractivity contribution in [3.8, 4) is 0 Å². The van der Waals surface area contributed by atoms with Gasteiger partial charge in [0.2, 0.25) is 5.91 Å². The average molecular weight is 261 g/mol. The first-order valence-corrected chi connectivity index (χ1v) is 8.14. The number of sulfone groups is 1. The van der Waals surface area contributed by atoms with Gasteiger partial charge in [-0.1, -0.05) is 26.2 Å². The predicted molar refractivity (Wildman–Crippen MR) is 68.6 cm³/mol. The fraction of sp³-hybridized carbons (Fsp3) is 0.917. The second-order valence-electron chi connectivity index (χ2n) is 4.88. The van der Waals surface area contributed by atoms with E-state index in [4.69, 9.17) is 0 Å². The highest BCUT2D eigenvalue weighted by molar-refractivity contribution is 7.92. The van der Waals surface area contributed by atoms with Gasteiger partial charge in [0.25, 0.3) is 0 Å². The van der Waals surface area contributed by atoms with Crippen LogP contribution in [0, 0.1) is 0 Å². The summed E-state index contributed by atoms with van der Waals surface area (Å²) in [6, 6.07) is 0. The number of hydrogen-bond donors (Lipinski definition) is 0. The van der Waals surface area contributed by atoms with Crippen molar-refractivity contribution in [2.75, 3.05) is 19.3 Å². The van der Waals surface area contributed by atoms with Gasteiger partial charge in [0, 0.05) is 13.6 Å². The summed E-state index contributed by atoms with van der Waals surface area (Å²) in [5.74, 6) is -0.567. The van der Waals surface area contributed by atoms with Crippen molar-refractivity contribution in [2.45, 2.75) is 50.7 Å². The molecule has 1 fully saturated rings. The molecule has 1 saturated carbocycles.